The van der Waals surface area contributed by atoms with Crippen molar-refractivity contribution in [2.75, 3.05) is 6.26 Å². The molecule has 0 aliphatic rings. The van der Waals surface area contributed by atoms with Crippen molar-refractivity contribution >= 4 is 11.8 Å². The lowest BCUT2D eigenvalue weighted by Crippen LogP contribution is -2.14. The Kier molecular flexibility index (Phi) is 5.52. The molecule has 5 nitrogen and oxygen atoms in total. The smallest absolute Gasteiger partial charge is 0.270 e. The molecule has 1 aromatic heterocycles. The Morgan fingerprint density at radius 2 is 1.93 bits per heavy atom. The molecule has 8 heteroatoms. The second-order valence-electron chi connectivity index (χ2n) is 5.47. The summed E-state index contributed by atoms with van der Waals surface area (Å²) in [6.45, 7) is 0.0693. The molecule has 3 aromatic rings. The van der Waals surface area contributed by atoms with Crippen LogP contribution in [0, 0.1) is 23.0 Å². The first-order valence-corrected chi connectivity index (χ1v) is 9.00. The zero-order chi connectivity index (χ0) is 19.4. The van der Waals surface area contributed by atoms with Crippen LogP contribution in [0.1, 0.15) is 11.1 Å². The lowest BCUT2D eigenvalue weighted by Gasteiger charge is -2.09. The van der Waals surface area contributed by atoms with Crippen LogP contribution in [-0.4, -0.2) is 16.2 Å². The molecule has 1 heterocycles. The quantitative estimate of drug-likeness (QED) is 0.533. The highest BCUT2D eigenvalue weighted by Crippen LogP contribution is 2.24. The van der Waals surface area contributed by atoms with E-state index in [1.165, 1.54) is 17.8 Å². The van der Waals surface area contributed by atoms with Gasteiger partial charge in [0.1, 0.15) is 24.0 Å². The van der Waals surface area contributed by atoms with Crippen LogP contribution < -0.4 is 10.3 Å². The highest BCUT2D eigenvalue weighted by Gasteiger charge is 2.13. The Labute approximate surface area is 157 Å². The van der Waals surface area contributed by atoms with E-state index in [1.54, 1.807) is 30.5 Å². The van der Waals surface area contributed by atoms with Crippen molar-refractivity contribution in [3.05, 3.63) is 75.6 Å². The third-order valence-corrected chi connectivity index (χ3v) is 4.30. The number of nitriles is 1. The summed E-state index contributed by atoms with van der Waals surface area (Å²) in [6, 6.07) is 12.1. The number of aromatic amines is 1. The molecule has 0 amide bonds. The summed E-state index contributed by atoms with van der Waals surface area (Å²) in [5, 5.41) is 9.64. The van der Waals surface area contributed by atoms with Crippen LogP contribution >= 0.6 is 11.8 Å². The number of halogens is 2. The SMILES string of the molecule is CSc1nc(-c2ccc(OCc3ccc(F)c(F)c3)cc2)c(C#N)c(=O)[nH]1. The topological polar surface area (TPSA) is 78.8 Å². The van der Waals surface area contributed by atoms with Gasteiger partial charge in [0.2, 0.25) is 0 Å². The van der Waals surface area contributed by atoms with Crippen molar-refractivity contribution < 1.29 is 13.5 Å². The Morgan fingerprint density at radius 3 is 2.56 bits per heavy atom. The van der Waals surface area contributed by atoms with Crippen molar-refractivity contribution in [2.24, 2.45) is 0 Å². The number of thioether (sulfide) groups is 1. The van der Waals surface area contributed by atoms with Gasteiger partial charge >= 0.3 is 0 Å². The van der Waals surface area contributed by atoms with E-state index in [9.17, 15) is 18.8 Å². The van der Waals surface area contributed by atoms with Crippen molar-refractivity contribution in [2.45, 2.75) is 11.8 Å². The number of nitrogens with one attached hydrogen (secondary N) is 1. The van der Waals surface area contributed by atoms with E-state index in [2.05, 4.69) is 9.97 Å². The van der Waals surface area contributed by atoms with Gasteiger partial charge in [-0.3, -0.25) is 4.79 Å². The Hall–Kier alpha value is -3.18. The van der Waals surface area contributed by atoms with Crippen LogP contribution in [0.4, 0.5) is 8.78 Å². The number of benzene rings is 2. The van der Waals surface area contributed by atoms with Gasteiger partial charge in [0, 0.05) is 5.56 Å². The van der Waals surface area contributed by atoms with E-state index < -0.39 is 17.2 Å². The first-order valence-electron chi connectivity index (χ1n) is 7.77. The van der Waals surface area contributed by atoms with Crippen LogP contribution in [0.5, 0.6) is 5.75 Å². The number of ether oxygens (including phenoxy) is 1. The molecule has 27 heavy (non-hydrogen) atoms. The van der Waals surface area contributed by atoms with E-state index in [-0.39, 0.29) is 17.9 Å². The predicted molar refractivity (Wildman–Crippen MR) is 97.5 cm³/mol. The fraction of sp³-hybridized carbons (Fsp3) is 0.105. The molecule has 1 N–H and O–H groups in total. The summed E-state index contributed by atoms with van der Waals surface area (Å²) < 4.78 is 31.7. The largest absolute Gasteiger partial charge is 0.489 e. The fourth-order valence-corrected chi connectivity index (χ4v) is 2.74. The predicted octanol–water partition coefficient (Wildman–Crippen LogP) is 3.89. The van der Waals surface area contributed by atoms with Gasteiger partial charge in [0.05, 0.1) is 5.69 Å². The summed E-state index contributed by atoms with van der Waals surface area (Å²) in [6.07, 6.45) is 1.77. The molecule has 0 saturated heterocycles. The summed E-state index contributed by atoms with van der Waals surface area (Å²) in [5.41, 5.74) is 0.810. The molecular formula is C19H13F2N3O2S. The van der Waals surface area contributed by atoms with E-state index in [1.807, 2.05) is 6.07 Å². The van der Waals surface area contributed by atoms with Gasteiger partial charge in [-0.2, -0.15) is 5.26 Å². The molecule has 0 aliphatic carbocycles. The van der Waals surface area contributed by atoms with Gasteiger partial charge in [-0.15, -0.1) is 0 Å². The van der Waals surface area contributed by atoms with E-state index in [0.717, 1.165) is 12.1 Å². The zero-order valence-electron chi connectivity index (χ0n) is 14.1. The number of hydrogen-bond donors (Lipinski definition) is 1. The molecule has 136 valence electrons. The van der Waals surface area contributed by atoms with Crippen LogP contribution in [0.25, 0.3) is 11.3 Å². The molecule has 0 saturated carbocycles. The minimum Gasteiger partial charge on any atom is -0.489 e. The lowest BCUT2D eigenvalue weighted by molar-refractivity contribution is 0.305. The van der Waals surface area contributed by atoms with Crippen LogP contribution in [0.3, 0.4) is 0 Å². The average molecular weight is 385 g/mol. The van der Waals surface area contributed by atoms with E-state index in [4.69, 9.17) is 4.74 Å². The maximum absolute atomic E-state index is 13.2. The highest BCUT2D eigenvalue weighted by molar-refractivity contribution is 7.98. The zero-order valence-corrected chi connectivity index (χ0v) is 14.9. The van der Waals surface area contributed by atoms with Gasteiger partial charge < -0.3 is 9.72 Å². The second-order valence-corrected chi connectivity index (χ2v) is 6.27. The van der Waals surface area contributed by atoms with Gasteiger partial charge in [-0.05, 0) is 48.2 Å². The highest BCUT2D eigenvalue weighted by atomic mass is 32.2. The molecule has 2 aromatic carbocycles. The van der Waals surface area contributed by atoms with Crippen molar-refractivity contribution in [3.8, 4) is 23.1 Å². The van der Waals surface area contributed by atoms with Crippen LogP contribution in [0.15, 0.2) is 52.4 Å². The minimum atomic E-state index is -0.930. The molecule has 0 aliphatic heterocycles. The molecule has 0 atom stereocenters. The monoisotopic (exact) mass is 385 g/mol. The molecule has 0 spiro atoms. The number of hydrogen-bond acceptors (Lipinski definition) is 5. The first-order chi connectivity index (χ1) is 13.0. The van der Waals surface area contributed by atoms with Gasteiger partial charge in [-0.1, -0.05) is 17.8 Å². The van der Waals surface area contributed by atoms with Gasteiger partial charge in [-0.25, -0.2) is 13.8 Å². The minimum absolute atomic E-state index is 0.0664. The third-order valence-electron chi connectivity index (χ3n) is 3.72. The summed E-state index contributed by atoms with van der Waals surface area (Å²) >= 11 is 1.26. The standard InChI is InChI=1S/C19H13F2N3O2S/c1-27-19-23-17(14(9-22)18(25)24-19)12-3-5-13(6-4-12)26-10-11-2-7-15(20)16(21)8-11/h2-8H,10H2,1H3,(H,23,24,25). The van der Waals surface area contributed by atoms with Gasteiger partial charge in [0.15, 0.2) is 16.8 Å². The maximum Gasteiger partial charge on any atom is 0.270 e. The summed E-state index contributed by atoms with van der Waals surface area (Å²) in [5.74, 6) is -1.34. The average Bonchev–Trinajstić information content (AvgIpc) is 2.68. The normalized spacial score (nSPS) is 10.4. The number of H-pyrrole nitrogens is 1. The molecule has 0 fully saturated rings. The first kappa shape index (κ1) is 18.6. The fourth-order valence-electron chi connectivity index (χ4n) is 2.37. The van der Waals surface area contributed by atoms with Crippen LogP contribution in [0.2, 0.25) is 0 Å². The molecule has 0 unspecified atom stereocenters. The molecule has 3 rings (SSSR count). The van der Waals surface area contributed by atoms with E-state index in [0.29, 0.717) is 22.0 Å². The summed E-state index contributed by atoms with van der Waals surface area (Å²) in [7, 11) is 0. The number of aromatic nitrogens is 2. The number of nitrogens with zero attached hydrogens (tertiary/aromatic N) is 2. The van der Waals surface area contributed by atoms with Crippen molar-refractivity contribution in [1.29, 1.82) is 5.26 Å². The Morgan fingerprint density at radius 1 is 1.19 bits per heavy atom. The maximum atomic E-state index is 13.2. The lowest BCUT2D eigenvalue weighted by atomic mass is 10.1. The second kappa shape index (κ2) is 8.01. The Bertz CT molecular complexity index is 1080. The van der Waals surface area contributed by atoms with Crippen LogP contribution in [-0.2, 0) is 6.61 Å². The van der Waals surface area contributed by atoms with Crippen molar-refractivity contribution in [3.63, 3.8) is 0 Å². The van der Waals surface area contributed by atoms with Crippen molar-refractivity contribution in [1.82, 2.24) is 9.97 Å². The molecule has 0 radical (unpaired) electrons. The summed E-state index contributed by atoms with van der Waals surface area (Å²) in [4.78, 5) is 18.8. The Balaban J connectivity index is 1.81. The third kappa shape index (κ3) is 4.15. The molecular weight excluding hydrogens is 372 g/mol. The van der Waals surface area contributed by atoms with E-state index >= 15 is 0 Å². The molecule has 0 bridgehead atoms. The van der Waals surface area contributed by atoms with Gasteiger partial charge in [0.25, 0.3) is 5.56 Å². The number of rotatable bonds is 5.